The molecule has 1 N–H and O–H groups in total. The maximum Gasteiger partial charge on any atom is 0.435 e. The molecule has 4 bridgehead atoms. The van der Waals surface area contributed by atoms with Gasteiger partial charge in [-0.25, -0.2) is 4.39 Å². The van der Waals surface area contributed by atoms with Crippen LogP contribution in [0.15, 0.2) is 36.5 Å². The Kier molecular flexibility index (Phi) is 6.15. The van der Waals surface area contributed by atoms with Gasteiger partial charge in [-0.2, -0.15) is 23.5 Å². The number of hydrogen-bond donors (Lipinski definition) is 1. The van der Waals surface area contributed by atoms with Gasteiger partial charge in [-0.3, -0.25) is 9.48 Å². The molecule has 5 heterocycles. The SMILES string of the molecule is Cc1c(C#N)sc2c1[C@H]1CN(C2)C(=O)/C=C/C2(CCCN2)CCn2cc(c(C(F)(F)F)n2)-c2c(F)cccc21. The molecule has 1 spiro atoms. The number of fused-ring (bicyclic) bond motifs is 9. The molecule has 3 aliphatic heterocycles. The van der Waals surface area contributed by atoms with E-state index in [1.54, 1.807) is 24.0 Å². The zero-order valence-electron chi connectivity index (χ0n) is 21.1. The number of halogens is 4. The highest BCUT2D eigenvalue weighted by Crippen LogP contribution is 2.46. The first-order valence-corrected chi connectivity index (χ1v) is 13.6. The molecule has 6 rings (SSSR count). The molecule has 39 heavy (non-hydrogen) atoms. The molecule has 11 heteroatoms. The van der Waals surface area contributed by atoms with E-state index in [1.807, 2.05) is 6.08 Å². The summed E-state index contributed by atoms with van der Waals surface area (Å²) in [5.74, 6) is -1.65. The number of aromatic nitrogens is 2. The molecule has 2 atom stereocenters. The predicted molar refractivity (Wildman–Crippen MR) is 137 cm³/mol. The van der Waals surface area contributed by atoms with Gasteiger partial charge in [0.1, 0.15) is 16.8 Å². The average molecular weight is 556 g/mol. The Balaban J connectivity index is 1.62. The van der Waals surface area contributed by atoms with Gasteiger partial charge in [0.25, 0.3) is 0 Å². The zero-order valence-corrected chi connectivity index (χ0v) is 21.9. The van der Waals surface area contributed by atoms with Gasteiger partial charge in [-0.05, 0) is 55.5 Å². The largest absolute Gasteiger partial charge is 0.435 e. The fraction of sp³-hybridized carbons (Fsp3) is 0.393. The van der Waals surface area contributed by atoms with Crippen LogP contribution in [0.3, 0.4) is 0 Å². The second-order valence-electron chi connectivity index (χ2n) is 10.4. The molecular weight excluding hydrogens is 530 g/mol. The van der Waals surface area contributed by atoms with Gasteiger partial charge in [-0.1, -0.05) is 18.2 Å². The van der Waals surface area contributed by atoms with Crippen molar-refractivity contribution in [1.29, 1.82) is 5.26 Å². The van der Waals surface area contributed by atoms with Crippen LogP contribution in [-0.4, -0.2) is 39.2 Å². The van der Waals surface area contributed by atoms with Crippen LogP contribution < -0.4 is 5.32 Å². The normalized spacial score (nSPS) is 23.7. The van der Waals surface area contributed by atoms with Crippen molar-refractivity contribution in [3.05, 3.63) is 74.5 Å². The first-order valence-electron chi connectivity index (χ1n) is 12.8. The third-order valence-electron chi connectivity index (χ3n) is 8.10. The molecule has 1 fully saturated rings. The number of hydrogen-bond acceptors (Lipinski definition) is 5. The molecule has 6 nitrogen and oxygen atoms in total. The smallest absolute Gasteiger partial charge is 0.333 e. The number of nitriles is 1. The van der Waals surface area contributed by atoms with Crippen LogP contribution >= 0.6 is 11.3 Å². The van der Waals surface area contributed by atoms with Crippen molar-refractivity contribution in [2.45, 2.75) is 56.9 Å². The van der Waals surface area contributed by atoms with Gasteiger partial charge < -0.3 is 10.2 Å². The Hall–Kier alpha value is -3.49. The highest BCUT2D eigenvalue weighted by atomic mass is 32.1. The van der Waals surface area contributed by atoms with E-state index in [4.69, 9.17) is 0 Å². The first kappa shape index (κ1) is 25.8. The van der Waals surface area contributed by atoms with Crippen LogP contribution in [0, 0.1) is 24.1 Å². The van der Waals surface area contributed by atoms with Crippen molar-refractivity contribution in [2.24, 2.45) is 0 Å². The van der Waals surface area contributed by atoms with Gasteiger partial charge in [0, 0.05) is 52.8 Å². The number of rotatable bonds is 0. The molecule has 202 valence electrons. The summed E-state index contributed by atoms with van der Waals surface area (Å²) in [7, 11) is 0. The van der Waals surface area contributed by atoms with Crippen molar-refractivity contribution in [2.75, 3.05) is 13.1 Å². The molecule has 1 aromatic carbocycles. The quantitative estimate of drug-likeness (QED) is 0.372. The standard InChI is InChI=1S/C28H25F4N5OS/c1-16-21(12-33)39-22-15-36-13-18(24(16)22)17-4-2-5-20(29)25(17)19-14-37(35-26(19)28(30,31)32)11-9-27(7-3-10-34-27)8-6-23(36)38/h2,4-6,8,14,18,34H,3,7,9-11,13,15H2,1H3/b8-6+/t18-,27?/m0/s1. The van der Waals surface area contributed by atoms with E-state index >= 15 is 4.39 Å². The Morgan fingerprint density at radius 2 is 2.10 bits per heavy atom. The van der Waals surface area contributed by atoms with Gasteiger partial charge in [-0.15, -0.1) is 11.3 Å². The minimum absolute atomic E-state index is 0.144. The van der Waals surface area contributed by atoms with Crippen molar-refractivity contribution < 1.29 is 22.4 Å². The van der Waals surface area contributed by atoms with Crippen LogP contribution in [0.4, 0.5) is 17.6 Å². The fourth-order valence-corrected chi connectivity index (χ4v) is 7.38. The third-order valence-corrected chi connectivity index (χ3v) is 9.30. The number of nitrogens with one attached hydrogen (secondary N) is 1. The molecule has 1 amide bonds. The summed E-state index contributed by atoms with van der Waals surface area (Å²) >= 11 is 1.27. The Bertz CT molecular complexity index is 1540. The average Bonchev–Trinajstić information content (AvgIpc) is 3.62. The van der Waals surface area contributed by atoms with Crippen molar-refractivity contribution >= 4 is 17.2 Å². The van der Waals surface area contributed by atoms with Crippen LogP contribution in [-0.2, 0) is 24.1 Å². The van der Waals surface area contributed by atoms with Crippen molar-refractivity contribution in [3.8, 4) is 17.2 Å². The van der Waals surface area contributed by atoms with E-state index in [0.717, 1.165) is 35.9 Å². The highest BCUT2D eigenvalue weighted by molar-refractivity contribution is 7.12. The van der Waals surface area contributed by atoms with Crippen LogP contribution in [0.2, 0.25) is 0 Å². The number of thiophene rings is 1. The Labute approximate surface area is 226 Å². The molecule has 1 unspecified atom stereocenters. The summed E-state index contributed by atoms with van der Waals surface area (Å²) < 4.78 is 59.8. The summed E-state index contributed by atoms with van der Waals surface area (Å²) in [6.07, 6.45) is 1.89. The first-order chi connectivity index (χ1) is 18.6. The van der Waals surface area contributed by atoms with E-state index in [0.29, 0.717) is 22.4 Å². The third kappa shape index (κ3) is 4.36. The van der Waals surface area contributed by atoms with Gasteiger partial charge >= 0.3 is 6.18 Å². The lowest BCUT2D eigenvalue weighted by atomic mass is 9.81. The van der Waals surface area contributed by atoms with Gasteiger partial charge in [0.05, 0.1) is 6.54 Å². The molecule has 0 radical (unpaired) electrons. The minimum Gasteiger partial charge on any atom is -0.333 e. The molecule has 0 saturated carbocycles. The van der Waals surface area contributed by atoms with Crippen LogP contribution in [0.1, 0.15) is 57.3 Å². The summed E-state index contributed by atoms with van der Waals surface area (Å²) in [5, 5.41) is 17.0. The number of carbonyl (C=O) groups excluding carboxylic acids is 1. The maximum absolute atomic E-state index is 15.6. The van der Waals surface area contributed by atoms with Crippen LogP contribution in [0.25, 0.3) is 11.1 Å². The number of carbonyl (C=O) groups is 1. The molecule has 2 aromatic heterocycles. The summed E-state index contributed by atoms with van der Waals surface area (Å²) in [6.45, 7) is 3.11. The van der Waals surface area contributed by atoms with E-state index < -0.39 is 29.1 Å². The fourth-order valence-electron chi connectivity index (χ4n) is 6.20. The number of amides is 1. The zero-order chi connectivity index (χ0) is 27.5. The summed E-state index contributed by atoms with van der Waals surface area (Å²) in [4.78, 5) is 16.4. The van der Waals surface area contributed by atoms with Gasteiger partial charge in [0.2, 0.25) is 5.91 Å². The van der Waals surface area contributed by atoms with E-state index in [9.17, 15) is 23.2 Å². The molecule has 3 aromatic rings. The van der Waals surface area contributed by atoms with E-state index in [-0.39, 0.29) is 36.7 Å². The van der Waals surface area contributed by atoms with E-state index in [2.05, 4.69) is 16.5 Å². The lowest BCUT2D eigenvalue weighted by Gasteiger charge is -2.34. The lowest BCUT2D eigenvalue weighted by Crippen LogP contribution is -2.40. The molecular formula is C28H25F4N5OS. The summed E-state index contributed by atoms with van der Waals surface area (Å²) in [6, 6.07) is 6.42. The Morgan fingerprint density at radius 3 is 2.82 bits per heavy atom. The number of nitrogens with zero attached hydrogens (tertiary/aromatic N) is 4. The number of benzene rings is 1. The monoisotopic (exact) mass is 555 g/mol. The topological polar surface area (TPSA) is 74.0 Å². The molecule has 1 saturated heterocycles. The van der Waals surface area contributed by atoms with Crippen molar-refractivity contribution in [1.82, 2.24) is 20.0 Å². The van der Waals surface area contributed by atoms with Crippen molar-refractivity contribution in [3.63, 3.8) is 0 Å². The highest BCUT2D eigenvalue weighted by Gasteiger charge is 2.41. The van der Waals surface area contributed by atoms with Gasteiger partial charge in [0.15, 0.2) is 5.69 Å². The Morgan fingerprint density at radius 1 is 1.28 bits per heavy atom. The predicted octanol–water partition coefficient (Wildman–Crippen LogP) is 5.51. The van der Waals surface area contributed by atoms with Crippen LogP contribution in [0.5, 0.6) is 0 Å². The summed E-state index contributed by atoms with van der Waals surface area (Å²) in [5.41, 5.74) is -0.376. The molecule has 0 aliphatic carbocycles. The second kappa shape index (κ2) is 9.31. The molecule has 3 aliphatic rings. The maximum atomic E-state index is 15.6. The number of aryl methyl sites for hydroxylation is 1. The van der Waals surface area contributed by atoms with E-state index in [1.165, 1.54) is 28.3 Å². The minimum atomic E-state index is -4.80. The second-order valence-corrected chi connectivity index (χ2v) is 11.5. The number of alkyl halides is 3. The lowest BCUT2D eigenvalue weighted by molar-refractivity contribution is -0.141.